The zero-order valence-electron chi connectivity index (χ0n) is 10.1. The maximum Gasteiger partial charge on any atom is 0.335 e. The van der Waals surface area contributed by atoms with Gasteiger partial charge in [-0.15, -0.1) is 0 Å². The van der Waals surface area contributed by atoms with Crippen LogP contribution in [0.15, 0.2) is 24.4 Å². The Balaban J connectivity index is 2.59. The van der Waals surface area contributed by atoms with Crippen LogP contribution in [0.2, 0.25) is 0 Å². The number of carboxylic acid groups (broad SMARTS) is 1. The molecule has 0 saturated carbocycles. The highest BCUT2D eigenvalue weighted by Gasteiger charge is 2.14. The standard InChI is InChI=1S/C13H13FN2O2/c1-3-16-8(2)11(7-15-16)10-6-9(13(17)18)4-5-12(10)14/h4-7H,3H2,1-2H3,(H,17,18). The Bertz CT molecular complexity index is 605. The smallest absolute Gasteiger partial charge is 0.335 e. The summed E-state index contributed by atoms with van der Waals surface area (Å²) in [6, 6.07) is 3.75. The molecule has 1 N–H and O–H groups in total. The molecule has 0 aliphatic carbocycles. The second kappa shape index (κ2) is 4.60. The summed E-state index contributed by atoms with van der Waals surface area (Å²) < 4.78 is 15.5. The first-order valence-corrected chi connectivity index (χ1v) is 5.60. The van der Waals surface area contributed by atoms with Gasteiger partial charge < -0.3 is 5.11 Å². The number of carbonyl (C=O) groups is 1. The molecule has 0 aliphatic heterocycles. The van der Waals surface area contributed by atoms with Gasteiger partial charge in [0.2, 0.25) is 0 Å². The summed E-state index contributed by atoms with van der Waals surface area (Å²) in [5.74, 6) is -1.52. The van der Waals surface area contributed by atoms with Gasteiger partial charge in [0.25, 0.3) is 0 Å². The van der Waals surface area contributed by atoms with Crippen molar-refractivity contribution < 1.29 is 14.3 Å². The third-order valence-electron chi connectivity index (χ3n) is 2.91. The largest absolute Gasteiger partial charge is 0.478 e. The molecular weight excluding hydrogens is 235 g/mol. The van der Waals surface area contributed by atoms with Gasteiger partial charge in [0.1, 0.15) is 5.82 Å². The molecular formula is C13H13FN2O2. The second-order valence-electron chi connectivity index (χ2n) is 3.96. The number of nitrogens with zero attached hydrogens (tertiary/aromatic N) is 2. The zero-order chi connectivity index (χ0) is 13.3. The topological polar surface area (TPSA) is 55.1 Å². The van der Waals surface area contributed by atoms with E-state index in [9.17, 15) is 9.18 Å². The minimum Gasteiger partial charge on any atom is -0.478 e. The molecule has 0 amide bonds. The van der Waals surface area contributed by atoms with Crippen molar-refractivity contribution in [2.45, 2.75) is 20.4 Å². The van der Waals surface area contributed by atoms with Gasteiger partial charge in [-0.05, 0) is 32.0 Å². The number of aryl methyl sites for hydroxylation is 1. The van der Waals surface area contributed by atoms with Gasteiger partial charge in [-0.3, -0.25) is 4.68 Å². The van der Waals surface area contributed by atoms with Crippen LogP contribution < -0.4 is 0 Å². The molecule has 2 rings (SSSR count). The molecule has 0 radical (unpaired) electrons. The fourth-order valence-electron chi connectivity index (χ4n) is 1.89. The van der Waals surface area contributed by atoms with Crippen molar-refractivity contribution in [1.29, 1.82) is 0 Å². The average molecular weight is 248 g/mol. The zero-order valence-corrected chi connectivity index (χ0v) is 10.1. The summed E-state index contributed by atoms with van der Waals surface area (Å²) in [6.07, 6.45) is 1.56. The molecule has 0 bridgehead atoms. The molecule has 0 aliphatic rings. The van der Waals surface area contributed by atoms with Gasteiger partial charge in [-0.1, -0.05) is 0 Å². The Labute approximate surface area is 104 Å². The van der Waals surface area contributed by atoms with E-state index >= 15 is 0 Å². The number of aromatic carboxylic acids is 1. The monoisotopic (exact) mass is 248 g/mol. The molecule has 1 aromatic heterocycles. The van der Waals surface area contributed by atoms with Gasteiger partial charge in [-0.2, -0.15) is 5.10 Å². The Hall–Kier alpha value is -2.17. The first-order chi connectivity index (χ1) is 8.54. The highest BCUT2D eigenvalue weighted by atomic mass is 19.1. The number of halogens is 1. The first-order valence-electron chi connectivity index (χ1n) is 5.60. The predicted molar refractivity (Wildman–Crippen MR) is 65.0 cm³/mol. The van der Waals surface area contributed by atoms with Crippen LogP contribution in [0.5, 0.6) is 0 Å². The quantitative estimate of drug-likeness (QED) is 0.908. The van der Waals surface area contributed by atoms with Crippen molar-refractivity contribution in [3.63, 3.8) is 0 Å². The molecule has 0 spiro atoms. The van der Waals surface area contributed by atoms with Crippen LogP contribution in [0.3, 0.4) is 0 Å². The van der Waals surface area contributed by atoms with E-state index in [1.807, 2.05) is 13.8 Å². The molecule has 18 heavy (non-hydrogen) atoms. The lowest BCUT2D eigenvalue weighted by molar-refractivity contribution is 0.0697. The van der Waals surface area contributed by atoms with E-state index in [4.69, 9.17) is 5.11 Å². The van der Waals surface area contributed by atoms with Gasteiger partial charge in [0, 0.05) is 23.4 Å². The van der Waals surface area contributed by atoms with Gasteiger partial charge in [-0.25, -0.2) is 9.18 Å². The Morgan fingerprint density at radius 1 is 1.44 bits per heavy atom. The number of hydrogen-bond acceptors (Lipinski definition) is 2. The number of hydrogen-bond donors (Lipinski definition) is 1. The summed E-state index contributed by atoms with van der Waals surface area (Å²) >= 11 is 0. The molecule has 1 heterocycles. The number of benzene rings is 1. The molecule has 0 atom stereocenters. The van der Waals surface area contributed by atoms with Gasteiger partial charge >= 0.3 is 5.97 Å². The fraction of sp³-hybridized carbons (Fsp3) is 0.231. The SMILES string of the molecule is CCn1ncc(-c2cc(C(=O)O)ccc2F)c1C. The van der Waals surface area contributed by atoms with Gasteiger partial charge in [0.15, 0.2) is 0 Å². The Morgan fingerprint density at radius 2 is 2.17 bits per heavy atom. The van der Waals surface area contributed by atoms with Crippen molar-refractivity contribution >= 4 is 5.97 Å². The summed E-state index contributed by atoms with van der Waals surface area (Å²) in [5.41, 5.74) is 1.78. The lowest BCUT2D eigenvalue weighted by Crippen LogP contribution is -2.00. The van der Waals surface area contributed by atoms with Crippen molar-refractivity contribution in [2.24, 2.45) is 0 Å². The van der Waals surface area contributed by atoms with Crippen molar-refractivity contribution in [1.82, 2.24) is 9.78 Å². The summed E-state index contributed by atoms with van der Waals surface area (Å²) in [4.78, 5) is 10.9. The number of aromatic nitrogens is 2. The molecule has 1 aromatic carbocycles. The molecule has 4 nitrogen and oxygen atoms in total. The van der Waals surface area contributed by atoms with E-state index in [1.165, 1.54) is 18.2 Å². The normalized spacial score (nSPS) is 10.6. The van der Waals surface area contributed by atoms with E-state index in [-0.39, 0.29) is 11.1 Å². The van der Waals surface area contributed by atoms with Gasteiger partial charge in [0.05, 0.1) is 11.8 Å². The summed E-state index contributed by atoms with van der Waals surface area (Å²) in [7, 11) is 0. The third-order valence-corrected chi connectivity index (χ3v) is 2.91. The van der Waals surface area contributed by atoms with Crippen LogP contribution in [-0.2, 0) is 6.54 Å². The number of rotatable bonds is 3. The van der Waals surface area contributed by atoms with Crippen molar-refractivity contribution in [3.8, 4) is 11.1 Å². The highest BCUT2D eigenvalue weighted by molar-refractivity contribution is 5.89. The lowest BCUT2D eigenvalue weighted by Gasteiger charge is -2.05. The fourth-order valence-corrected chi connectivity index (χ4v) is 1.89. The van der Waals surface area contributed by atoms with E-state index < -0.39 is 11.8 Å². The summed E-state index contributed by atoms with van der Waals surface area (Å²) in [6.45, 7) is 4.46. The molecule has 0 saturated heterocycles. The average Bonchev–Trinajstić information content (AvgIpc) is 2.70. The van der Waals surface area contributed by atoms with E-state index in [1.54, 1.807) is 10.9 Å². The van der Waals surface area contributed by atoms with Crippen LogP contribution in [0.4, 0.5) is 4.39 Å². The third kappa shape index (κ3) is 1.99. The highest BCUT2D eigenvalue weighted by Crippen LogP contribution is 2.27. The van der Waals surface area contributed by atoms with Crippen LogP contribution >= 0.6 is 0 Å². The molecule has 94 valence electrons. The maximum absolute atomic E-state index is 13.8. The van der Waals surface area contributed by atoms with E-state index in [0.29, 0.717) is 12.1 Å². The van der Waals surface area contributed by atoms with E-state index in [0.717, 1.165) is 5.69 Å². The van der Waals surface area contributed by atoms with Crippen LogP contribution in [0.25, 0.3) is 11.1 Å². The minimum absolute atomic E-state index is 0.0649. The van der Waals surface area contributed by atoms with E-state index in [2.05, 4.69) is 5.10 Å². The maximum atomic E-state index is 13.8. The minimum atomic E-state index is -1.07. The number of carboxylic acids is 1. The Kier molecular flexibility index (Phi) is 3.14. The predicted octanol–water partition coefficient (Wildman–Crippen LogP) is 2.72. The van der Waals surface area contributed by atoms with Crippen LogP contribution in [-0.4, -0.2) is 20.9 Å². The molecule has 0 fully saturated rings. The first kappa shape index (κ1) is 12.3. The molecule has 0 unspecified atom stereocenters. The van der Waals surface area contributed by atoms with Crippen LogP contribution in [0, 0.1) is 12.7 Å². The van der Waals surface area contributed by atoms with Crippen LogP contribution in [0.1, 0.15) is 23.0 Å². The summed E-state index contributed by atoms with van der Waals surface area (Å²) in [5, 5.41) is 13.1. The lowest BCUT2D eigenvalue weighted by atomic mass is 10.0. The van der Waals surface area contributed by atoms with Crippen molar-refractivity contribution in [3.05, 3.63) is 41.5 Å². The molecule has 2 aromatic rings. The van der Waals surface area contributed by atoms with Crippen molar-refractivity contribution in [2.75, 3.05) is 0 Å². The second-order valence-corrected chi connectivity index (χ2v) is 3.96. The Morgan fingerprint density at radius 3 is 2.72 bits per heavy atom. The molecule has 5 heteroatoms.